The Balaban J connectivity index is 1.33. The summed E-state index contributed by atoms with van der Waals surface area (Å²) in [5, 5.41) is 6.93. The van der Waals surface area contributed by atoms with E-state index in [0.717, 1.165) is 40.9 Å². The zero-order chi connectivity index (χ0) is 19.5. The highest BCUT2D eigenvalue weighted by Crippen LogP contribution is 2.22. The Kier molecular flexibility index (Phi) is 5.38. The minimum atomic E-state index is 0.0359. The number of nitrogens with zero attached hydrogens (tertiary/aromatic N) is 4. The number of hydrogen-bond acceptors (Lipinski definition) is 6. The van der Waals surface area contributed by atoms with Crippen molar-refractivity contribution in [1.29, 1.82) is 0 Å². The normalized spacial score (nSPS) is 16.4. The molecule has 0 bridgehead atoms. The van der Waals surface area contributed by atoms with E-state index in [0.29, 0.717) is 18.1 Å². The summed E-state index contributed by atoms with van der Waals surface area (Å²) in [4.78, 5) is 23.3. The third-order valence-electron chi connectivity index (χ3n) is 4.71. The van der Waals surface area contributed by atoms with Crippen molar-refractivity contribution in [2.75, 3.05) is 18.0 Å². The Morgan fingerprint density at radius 2 is 2.18 bits per heavy atom. The van der Waals surface area contributed by atoms with Crippen LogP contribution in [0.25, 0.3) is 11.5 Å². The standard InChI is InChI=1S/C20H20BrN5O2/c1-13-23-20(28-25-13)15-6-7-18(22-11-15)26-9-8-16(12-26)24-19(27)10-14-4-2-3-5-17(14)21/h2-7,11,16H,8-10,12H2,1H3,(H,24,27)/t16-/m1/s1. The first-order valence-electron chi connectivity index (χ1n) is 9.13. The fraction of sp³-hybridized carbons (Fsp3) is 0.300. The smallest absolute Gasteiger partial charge is 0.259 e. The molecule has 1 amide bonds. The fourth-order valence-corrected chi connectivity index (χ4v) is 3.72. The van der Waals surface area contributed by atoms with Crippen LogP contribution in [0.3, 0.4) is 0 Å². The maximum absolute atomic E-state index is 12.4. The Bertz CT molecular complexity index is 973. The number of aryl methyl sites for hydroxylation is 1. The van der Waals surface area contributed by atoms with Gasteiger partial charge in [0.05, 0.1) is 12.0 Å². The Morgan fingerprint density at radius 3 is 2.89 bits per heavy atom. The van der Waals surface area contributed by atoms with Gasteiger partial charge < -0.3 is 14.7 Å². The van der Waals surface area contributed by atoms with E-state index >= 15 is 0 Å². The summed E-state index contributed by atoms with van der Waals surface area (Å²) in [6.45, 7) is 3.38. The molecular weight excluding hydrogens is 422 g/mol. The van der Waals surface area contributed by atoms with Gasteiger partial charge in [-0.1, -0.05) is 39.3 Å². The van der Waals surface area contributed by atoms with Crippen molar-refractivity contribution in [2.24, 2.45) is 0 Å². The first-order valence-corrected chi connectivity index (χ1v) is 9.92. The second-order valence-electron chi connectivity index (χ2n) is 6.82. The summed E-state index contributed by atoms with van der Waals surface area (Å²) in [5.41, 5.74) is 1.78. The van der Waals surface area contributed by atoms with Crippen molar-refractivity contribution in [2.45, 2.75) is 25.8 Å². The molecule has 28 heavy (non-hydrogen) atoms. The Labute approximate surface area is 171 Å². The van der Waals surface area contributed by atoms with Crippen LogP contribution in [0.2, 0.25) is 0 Å². The maximum atomic E-state index is 12.4. The van der Waals surface area contributed by atoms with E-state index in [2.05, 4.69) is 41.3 Å². The molecule has 4 rings (SSSR count). The van der Waals surface area contributed by atoms with Gasteiger partial charge >= 0.3 is 0 Å². The number of nitrogens with one attached hydrogen (secondary N) is 1. The summed E-state index contributed by atoms with van der Waals surface area (Å²) >= 11 is 3.49. The van der Waals surface area contributed by atoms with Gasteiger partial charge in [0.1, 0.15) is 5.82 Å². The van der Waals surface area contributed by atoms with Gasteiger partial charge in [-0.15, -0.1) is 0 Å². The largest absolute Gasteiger partial charge is 0.354 e. The molecule has 1 saturated heterocycles. The lowest BCUT2D eigenvalue weighted by Crippen LogP contribution is -2.38. The fourth-order valence-electron chi connectivity index (χ4n) is 3.29. The van der Waals surface area contributed by atoms with E-state index in [4.69, 9.17) is 4.52 Å². The first kappa shape index (κ1) is 18.6. The first-order chi connectivity index (χ1) is 13.6. The molecule has 1 N–H and O–H groups in total. The van der Waals surface area contributed by atoms with Crippen molar-refractivity contribution < 1.29 is 9.32 Å². The van der Waals surface area contributed by atoms with Gasteiger partial charge in [-0.05, 0) is 37.1 Å². The van der Waals surface area contributed by atoms with Crippen molar-refractivity contribution in [3.8, 4) is 11.5 Å². The second-order valence-corrected chi connectivity index (χ2v) is 7.67. The number of rotatable bonds is 5. The molecule has 2 aromatic heterocycles. The van der Waals surface area contributed by atoms with E-state index < -0.39 is 0 Å². The molecule has 1 aliphatic heterocycles. The molecule has 3 heterocycles. The van der Waals surface area contributed by atoms with Crippen LogP contribution in [0.4, 0.5) is 5.82 Å². The monoisotopic (exact) mass is 441 g/mol. The Hall–Kier alpha value is -2.74. The summed E-state index contributed by atoms with van der Waals surface area (Å²) in [5.74, 6) is 1.98. The van der Waals surface area contributed by atoms with Crippen LogP contribution in [-0.2, 0) is 11.2 Å². The molecule has 0 unspecified atom stereocenters. The highest BCUT2D eigenvalue weighted by Gasteiger charge is 2.25. The molecular formula is C20H20BrN5O2. The van der Waals surface area contributed by atoms with Crippen LogP contribution < -0.4 is 10.2 Å². The van der Waals surface area contributed by atoms with Gasteiger partial charge in [-0.2, -0.15) is 4.98 Å². The Morgan fingerprint density at radius 1 is 1.32 bits per heavy atom. The van der Waals surface area contributed by atoms with E-state index in [1.807, 2.05) is 36.4 Å². The van der Waals surface area contributed by atoms with E-state index in [1.54, 1.807) is 13.1 Å². The lowest BCUT2D eigenvalue weighted by atomic mass is 10.1. The average Bonchev–Trinajstić information content (AvgIpc) is 3.33. The topological polar surface area (TPSA) is 84.2 Å². The molecule has 1 aromatic carbocycles. The number of pyridine rings is 1. The van der Waals surface area contributed by atoms with Crippen LogP contribution in [-0.4, -0.2) is 40.2 Å². The molecule has 8 heteroatoms. The van der Waals surface area contributed by atoms with Crippen molar-refractivity contribution in [3.05, 3.63) is 58.5 Å². The minimum Gasteiger partial charge on any atom is -0.354 e. The van der Waals surface area contributed by atoms with Crippen molar-refractivity contribution in [3.63, 3.8) is 0 Å². The van der Waals surface area contributed by atoms with Crippen LogP contribution in [0, 0.1) is 6.92 Å². The molecule has 0 radical (unpaired) electrons. The molecule has 0 spiro atoms. The number of anilines is 1. The van der Waals surface area contributed by atoms with E-state index in [1.165, 1.54) is 0 Å². The number of halogens is 1. The number of amides is 1. The van der Waals surface area contributed by atoms with E-state index in [9.17, 15) is 4.79 Å². The SMILES string of the molecule is Cc1noc(-c2ccc(N3CC[C@@H](NC(=O)Cc4ccccc4Br)C3)nc2)n1. The highest BCUT2D eigenvalue weighted by atomic mass is 79.9. The third-order valence-corrected chi connectivity index (χ3v) is 5.48. The lowest BCUT2D eigenvalue weighted by molar-refractivity contribution is -0.121. The molecule has 1 fully saturated rings. The van der Waals surface area contributed by atoms with Gasteiger partial charge in [0.2, 0.25) is 5.91 Å². The summed E-state index contributed by atoms with van der Waals surface area (Å²) in [7, 11) is 0. The number of benzene rings is 1. The zero-order valence-electron chi connectivity index (χ0n) is 15.4. The zero-order valence-corrected chi connectivity index (χ0v) is 17.0. The van der Waals surface area contributed by atoms with Crippen LogP contribution >= 0.6 is 15.9 Å². The molecule has 1 atom stereocenters. The van der Waals surface area contributed by atoms with Crippen molar-refractivity contribution in [1.82, 2.24) is 20.4 Å². The molecule has 0 saturated carbocycles. The second kappa shape index (κ2) is 8.10. The number of carbonyl (C=O) groups is 1. The van der Waals surface area contributed by atoms with Crippen LogP contribution in [0.15, 0.2) is 51.6 Å². The number of carbonyl (C=O) groups excluding carboxylic acids is 1. The highest BCUT2D eigenvalue weighted by molar-refractivity contribution is 9.10. The van der Waals surface area contributed by atoms with Gasteiger partial charge in [0.25, 0.3) is 5.89 Å². The molecule has 1 aliphatic rings. The number of aromatic nitrogens is 3. The van der Waals surface area contributed by atoms with E-state index in [-0.39, 0.29) is 11.9 Å². The van der Waals surface area contributed by atoms with Gasteiger partial charge in [0.15, 0.2) is 5.82 Å². The summed E-state index contributed by atoms with van der Waals surface area (Å²) < 4.78 is 6.13. The minimum absolute atomic E-state index is 0.0359. The summed E-state index contributed by atoms with van der Waals surface area (Å²) in [6, 6.07) is 11.8. The maximum Gasteiger partial charge on any atom is 0.259 e. The number of hydrogen-bond donors (Lipinski definition) is 1. The quantitative estimate of drug-likeness (QED) is 0.654. The molecule has 0 aliphatic carbocycles. The van der Waals surface area contributed by atoms with Crippen LogP contribution in [0.5, 0.6) is 0 Å². The van der Waals surface area contributed by atoms with Crippen molar-refractivity contribution >= 4 is 27.7 Å². The van der Waals surface area contributed by atoms with Gasteiger partial charge in [0, 0.05) is 29.8 Å². The average molecular weight is 442 g/mol. The molecule has 7 nitrogen and oxygen atoms in total. The third kappa shape index (κ3) is 4.22. The predicted molar refractivity (Wildman–Crippen MR) is 109 cm³/mol. The van der Waals surface area contributed by atoms with Crippen LogP contribution in [0.1, 0.15) is 17.8 Å². The predicted octanol–water partition coefficient (Wildman–Crippen LogP) is 3.14. The van der Waals surface area contributed by atoms with Gasteiger partial charge in [-0.25, -0.2) is 4.98 Å². The molecule has 3 aromatic rings. The lowest BCUT2D eigenvalue weighted by Gasteiger charge is -2.18. The van der Waals surface area contributed by atoms with Gasteiger partial charge in [-0.3, -0.25) is 4.79 Å². The molecule has 144 valence electrons. The summed E-state index contributed by atoms with van der Waals surface area (Å²) in [6.07, 6.45) is 3.00.